The van der Waals surface area contributed by atoms with Gasteiger partial charge in [0.15, 0.2) is 12.5 Å². The number of ether oxygens (including phenoxy) is 2. The average molecular weight is 319 g/mol. The van der Waals surface area contributed by atoms with E-state index in [0.717, 1.165) is 0 Å². The Kier molecular flexibility index (Phi) is 5.32. The summed E-state index contributed by atoms with van der Waals surface area (Å²) in [5, 5.41) is 9.27. The summed E-state index contributed by atoms with van der Waals surface area (Å²) < 4.78 is 10.8. The monoisotopic (exact) mass is 319 g/mol. The van der Waals surface area contributed by atoms with Crippen molar-refractivity contribution in [1.82, 2.24) is 4.98 Å². The minimum Gasteiger partial charge on any atom is -0.481 e. The van der Waals surface area contributed by atoms with Crippen LogP contribution in [0.5, 0.6) is 11.6 Å². The normalized spacial score (nSPS) is 10.3. The molecule has 0 spiro atoms. The highest BCUT2D eigenvalue weighted by atomic mass is 16.5. The first kappa shape index (κ1) is 16.5. The van der Waals surface area contributed by atoms with Crippen molar-refractivity contribution in [3.63, 3.8) is 0 Å². The predicted molar refractivity (Wildman–Crippen MR) is 90.4 cm³/mol. The van der Waals surface area contributed by atoms with Gasteiger partial charge in [0, 0.05) is 18.3 Å². The van der Waals surface area contributed by atoms with Crippen LogP contribution in [0.4, 0.5) is 22.9 Å². The minimum atomic E-state index is -0.0844. The van der Waals surface area contributed by atoms with Gasteiger partial charge in [-0.3, -0.25) is 0 Å². The Morgan fingerprint density at radius 3 is 2.57 bits per heavy atom. The molecular formula is C15H21N5O3. The van der Waals surface area contributed by atoms with E-state index in [1.54, 1.807) is 35.2 Å². The molecule has 8 nitrogen and oxygen atoms in total. The summed E-state index contributed by atoms with van der Waals surface area (Å²) in [4.78, 5) is 5.98. The number of methoxy groups -OCH3 is 1. The summed E-state index contributed by atoms with van der Waals surface area (Å²) in [5.74, 6) is 1.38. The van der Waals surface area contributed by atoms with Gasteiger partial charge in [0.1, 0.15) is 5.75 Å². The summed E-state index contributed by atoms with van der Waals surface area (Å²) in [5.41, 5.74) is 18.9. The van der Waals surface area contributed by atoms with Crippen LogP contribution in [0.3, 0.4) is 0 Å². The van der Waals surface area contributed by atoms with Gasteiger partial charge >= 0.3 is 0 Å². The van der Waals surface area contributed by atoms with Crippen LogP contribution in [0.15, 0.2) is 30.3 Å². The van der Waals surface area contributed by atoms with Gasteiger partial charge in [0.25, 0.3) is 0 Å². The standard InChI is InChI=1S/C15H21N5O3/c1-22-14-5-3-11(17)15(19-14)20(6-7-21)9-23-13-4-2-10(16)8-12(13)18/h2-5,8,21H,6-7,9,16-18H2,1H3. The van der Waals surface area contributed by atoms with E-state index in [1.807, 2.05) is 0 Å². The molecule has 7 N–H and O–H groups in total. The summed E-state index contributed by atoms with van der Waals surface area (Å²) in [6.45, 7) is 0.317. The molecule has 23 heavy (non-hydrogen) atoms. The van der Waals surface area contributed by atoms with Crippen LogP contribution >= 0.6 is 0 Å². The van der Waals surface area contributed by atoms with Crippen molar-refractivity contribution in [2.24, 2.45) is 0 Å². The maximum absolute atomic E-state index is 9.27. The summed E-state index contributed by atoms with van der Waals surface area (Å²) in [7, 11) is 1.52. The molecule has 0 aliphatic carbocycles. The lowest BCUT2D eigenvalue weighted by Crippen LogP contribution is -2.32. The van der Waals surface area contributed by atoms with Crippen LogP contribution in [-0.4, -0.2) is 37.1 Å². The lowest BCUT2D eigenvalue weighted by molar-refractivity contribution is 0.269. The van der Waals surface area contributed by atoms with Crippen LogP contribution in [0, 0.1) is 0 Å². The number of aliphatic hydroxyl groups excluding tert-OH is 1. The predicted octanol–water partition coefficient (Wildman–Crippen LogP) is 0.672. The first-order chi connectivity index (χ1) is 11.0. The molecule has 0 amide bonds. The largest absolute Gasteiger partial charge is 0.481 e. The van der Waals surface area contributed by atoms with E-state index in [1.165, 1.54) is 7.11 Å². The smallest absolute Gasteiger partial charge is 0.215 e. The number of benzene rings is 1. The van der Waals surface area contributed by atoms with E-state index < -0.39 is 0 Å². The molecule has 2 rings (SSSR count). The number of pyridine rings is 1. The fourth-order valence-corrected chi connectivity index (χ4v) is 2.01. The number of anilines is 4. The number of aliphatic hydroxyl groups is 1. The Morgan fingerprint density at radius 1 is 1.13 bits per heavy atom. The number of hydrogen-bond donors (Lipinski definition) is 4. The van der Waals surface area contributed by atoms with Gasteiger partial charge in [-0.05, 0) is 24.3 Å². The Balaban J connectivity index is 2.18. The van der Waals surface area contributed by atoms with Crippen LogP contribution in [0.2, 0.25) is 0 Å². The second-order valence-corrected chi connectivity index (χ2v) is 4.82. The van der Waals surface area contributed by atoms with E-state index in [4.69, 9.17) is 26.7 Å². The van der Waals surface area contributed by atoms with E-state index >= 15 is 0 Å². The number of rotatable bonds is 7. The lowest BCUT2D eigenvalue weighted by atomic mass is 10.2. The van der Waals surface area contributed by atoms with Crippen molar-refractivity contribution < 1.29 is 14.6 Å². The molecular weight excluding hydrogens is 298 g/mol. The zero-order valence-electron chi connectivity index (χ0n) is 12.9. The van der Waals surface area contributed by atoms with Crippen molar-refractivity contribution in [1.29, 1.82) is 0 Å². The number of aromatic nitrogens is 1. The van der Waals surface area contributed by atoms with Gasteiger partial charge in [0.2, 0.25) is 5.88 Å². The third-order valence-electron chi connectivity index (χ3n) is 3.17. The third kappa shape index (κ3) is 4.07. The molecule has 0 atom stereocenters. The van der Waals surface area contributed by atoms with Gasteiger partial charge in [-0.15, -0.1) is 0 Å². The molecule has 1 aromatic heterocycles. The maximum atomic E-state index is 9.27. The molecule has 0 radical (unpaired) electrons. The van der Waals surface area contributed by atoms with Crippen molar-refractivity contribution in [3.8, 4) is 11.6 Å². The van der Waals surface area contributed by atoms with Gasteiger partial charge in [-0.1, -0.05) is 0 Å². The fourth-order valence-electron chi connectivity index (χ4n) is 2.01. The third-order valence-corrected chi connectivity index (χ3v) is 3.17. The lowest BCUT2D eigenvalue weighted by Gasteiger charge is -2.24. The number of nitrogen functional groups attached to an aromatic ring is 3. The first-order valence-electron chi connectivity index (χ1n) is 6.99. The van der Waals surface area contributed by atoms with Crippen LogP contribution in [0.25, 0.3) is 0 Å². The van der Waals surface area contributed by atoms with Crippen LogP contribution in [-0.2, 0) is 0 Å². The molecule has 0 saturated carbocycles. The van der Waals surface area contributed by atoms with Gasteiger partial charge in [0.05, 0.1) is 25.1 Å². The Hall–Kier alpha value is -2.87. The quantitative estimate of drug-likeness (QED) is 0.432. The molecule has 124 valence electrons. The Labute approximate surface area is 134 Å². The molecule has 1 heterocycles. The molecule has 0 unspecified atom stereocenters. The van der Waals surface area contributed by atoms with E-state index in [9.17, 15) is 5.11 Å². The molecule has 0 aliphatic heterocycles. The minimum absolute atomic E-state index is 0.0844. The van der Waals surface area contributed by atoms with Gasteiger partial charge in [-0.25, -0.2) is 0 Å². The molecule has 2 aromatic rings. The first-order valence-corrected chi connectivity index (χ1v) is 6.99. The Morgan fingerprint density at radius 2 is 1.91 bits per heavy atom. The van der Waals surface area contributed by atoms with E-state index in [0.29, 0.717) is 41.1 Å². The van der Waals surface area contributed by atoms with Crippen molar-refractivity contribution >= 4 is 22.9 Å². The van der Waals surface area contributed by atoms with Crippen LogP contribution in [0.1, 0.15) is 0 Å². The van der Waals surface area contributed by atoms with E-state index in [2.05, 4.69) is 4.98 Å². The van der Waals surface area contributed by atoms with Gasteiger partial charge in [-0.2, -0.15) is 4.98 Å². The highest BCUT2D eigenvalue weighted by Crippen LogP contribution is 2.26. The number of hydrogen-bond acceptors (Lipinski definition) is 8. The van der Waals surface area contributed by atoms with Crippen molar-refractivity contribution in [2.75, 3.05) is 49.1 Å². The molecule has 0 bridgehead atoms. The van der Waals surface area contributed by atoms with Crippen LogP contribution < -0.4 is 31.6 Å². The SMILES string of the molecule is COc1ccc(N)c(N(CCO)COc2ccc(N)cc2N)n1. The topological polar surface area (TPSA) is 133 Å². The van der Waals surface area contributed by atoms with Crippen molar-refractivity contribution in [3.05, 3.63) is 30.3 Å². The zero-order valence-corrected chi connectivity index (χ0v) is 12.9. The molecule has 0 aliphatic rings. The fraction of sp³-hybridized carbons (Fsp3) is 0.267. The van der Waals surface area contributed by atoms with Gasteiger partial charge < -0.3 is 36.7 Å². The second-order valence-electron chi connectivity index (χ2n) is 4.82. The highest BCUT2D eigenvalue weighted by Gasteiger charge is 2.14. The Bertz CT molecular complexity index is 666. The summed E-state index contributed by atoms with van der Waals surface area (Å²) in [6.07, 6.45) is 0. The zero-order chi connectivity index (χ0) is 16.8. The molecule has 0 saturated heterocycles. The molecule has 0 fully saturated rings. The second kappa shape index (κ2) is 7.41. The average Bonchev–Trinajstić information content (AvgIpc) is 2.53. The number of nitrogens with zero attached hydrogens (tertiary/aromatic N) is 2. The molecule has 1 aromatic carbocycles. The van der Waals surface area contributed by atoms with Crippen molar-refractivity contribution in [2.45, 2.75) is 0 Å². The summed E-state index contributed by atoms with van der Waals surface area (Å²) >= 11 is 0. The highest BCUT2D eigenvalue weighted by molar-refractivity contribution is 5.64. The maximum Gasteiger partial charge on any atom is 0.215 e. The molecule has 8 heteroatoms. The summed E-state index contributed by atoms with van der Waals surface area (Å²) in [6, 6.07) is 8.34. The number of nitrogens with two attached hydrogens (primary N) is 3. The van der Waals surface area contributed by atoms with E-state index in [-0.39, 0.29) is 13.3 Å².